The highest BCUT2D eigenvalue weighted by molar-refractivity contribution is 5.75. The molecule has 33 heavy (non-hydrogen) atoms. The Bertz CT molecular complexity index is 1010. The van der Waals surface area contributed by atoms with Crippen LogP contribution in [0, 0.1) is 0 Å². The molecule has 1 unspecified atom stereocenters. The first-order valence-corrected chi connectivity index (χ1v) is 10.8. The van der Waals surface area contributed by atoms with E-state index in [0.29, 0.717) is 5.92 Å². The van der Waals surface area contributed by atoms with Gasteiger partial charge < -0.3 is 14.9 Å². The summed E-state index contributed by atoms with van der Waals surface area (Å²) in [6.07, 6.45) is 2.64. The van der Waals surface area contributed by atoms with Crippen molar-refractivity contribution in [3.8, 4) is 5.75 Å². The summed E-state index contributed by atoms with van der Waals surface area (Å²) in [6.45, 7) is 1.21. The molecule has 1 aliphatic heterocycles. The number of carboxylic acids is 1. The summed E-state index contributed by atoms with van der Waals surface area (Å²) in [5, 5.41) is 24.4. The van der Waals surface area contributed by atoms with E-state index in [2.05, 4.69) is 33.3 Å². The third-order valence-electron chi connectivity index (χ3n) is 5.87. The van der Waals surface area contributed by atoms with Gasteiger partial charge in [0.15, 0.2) is 0 Å². The summed E-state index contributed by atoms with van der Waals surface area (Å²) in [4.78, 5) is 22.4. The highest BCUT2D eigenvalue weighted by Crippen LogP contribution is 2.32. The van der Waals surface area contributed by atoms with E-state index in [1.165, 1.54) is 5.56 Å². The number of likely N-dealkylation sites (tertiary alicyclic amines) is 1. The van der Waals surface area contributed by atoms with E-state index in [9.17, 15) is 9.90 Å². The number of hydrogen-bond donors (Lipinski definition) is 3. The van der Waals surface area contributed by atoms with Crippen LogP contribution >= 0.6 is 0 Å². The van der Waals surface area contributed by atoms with Crippen LogP contribution in [0.4, 0.5) is 0 Å². The number of methoxy groups -OCH3 is 1. The zero-order chi connectivity index (χ0) is 23.6. The number of benzene rings is 2. The summed E-state index contributed by atoms with van der Waals surface area (Å²) in [5.74, 6) is 0.266. The maximum Gasteiger partial charge on any atom is 0.325 e. The van der Waals surface area contributed by atoms with Gasteiger partial charge in [-0.2, -0.15) is 5.10 Å². The Morgan fingerprint density at radius 2 is 1.82 bits per heavy atom. The maximum atomic E-state index is 12.0. The number of carboxylic acid groups (broad SMARTS) is 2. The molecular formula is C25H29N3O5. The SMILES string of the molecule is COc1ccc(C(C(=O)O)N2CCC(c3cc(Cc4ccccc4)[nH]n3)CC2)cc1.O=CO. The number of carbonyl (C=O) groups is 2. The second-order valence-electron chi connectivity index (χ2n) is 7.91. The Morgan fingerprint density at radius 3 is 2.39 bits per heavy atom. The summed E-state index contributed by atoms with van der Waals surface area (Å²) in [6, 6.07) is 19.2. The normalized spacial score (nSPS) is 15.2. The second-order valence-corrected chi connectivity index (χ2v) is 7.91. The number of ether oxygens (including phenoxy) is 1. The Labute approximate surface area is 192 Å². The lowest BCUT2D eigenvalue weighted by molar-refractivity contribution is -0.144. The number of piperidine rings is 1. The monoisotopic (exact) mass is 451 g/mol. The molecule has 8 nitrogen and oxygen atoms in total. The highest BCUT2D eigenvalue weighted by Gasteiger charge is 2.32. The van der Waals surface area contributed by atoms with Gasteiger partial charge in [0.05, 0.1) is 12.8 Å². The number of aliphatic carboxylic acids is 1. The molecule has 0 aliphatic carbocycles. The third kappa shape index (κ3) is 6.43. The van der Waals surface area contributed by atoms with Gasteiger partial charge in [0.1, 0.15) is 11.8 Å². The molecule has 0 amide bonds. The van der Waals surface area contributed by atoms with Crippen LogP contribution in [0.2, 0.25) is 0 Å². The van der Waals surface area contributed by atoms with Crippen molar-refractivity contribution in [3.05, 3.63) is 83.2 Å². The molecule has 2 aromatic carbocycles. The van der Waals surface area contributed by atoms with Crippen LogP contribution in [0.25, 0.3) is 0 Å². The summed E-state index contributed by atoms with van der Waals surface area (Å²) in [7, 11) is 1.61. The van der Waals surface area contributed by atoms with Crippen LogP contribution in [-0.4, -0.2) is 58.0 Å². The van der Waals surface area contributed by atoms with Crippen molar-refractivity contribution in [1.29, 1.82) is 0 Å². The van der Waals surface area contributed by atoms with Gasteiger partial charge in [-0.15, -0.1) is 0 Å². The van der Waals surface area contributed by atoms with Gasteiger partial charge in [-0.05, 0) is 55.3 Å². The minimum absolute atomic E-state index is 0.250. The van der Waals surface area contributed by atoms with Crippen molar-refractivity contribution in [1.82, 2.24) is 15.1 Å². The largest absolute Gasteiger partial charge is 0.497 e. The molecule has 1 saturated heterocycles. The number of rotatable bonds is 7. The Balaban J connectivity index is 0.000000968. The van der Waals surface area contributed by atoms with Crippen molar-refractivity contribution >= 4 is 12.4 Å². The van der Waals surface area contributed by atoms with Crippen LogP contribution in [0.15, 0.2) is 60.7 Å². The lowest BCUT2D eigenvalue weighted by Crippen LogP contribution is -2.39. The zero-order valence-electron chi connectivity index (χ0n) is 18.6. The molecule has 3 aromatic rings. The molecule has 4 rings (SSSR count). The van der Waals surface area contributed by atoms with E-state index in [1.807, 2.05) is 42.5 Å². The van der Waals surface area contributed by atoms with E-state index >= 15 is 0 Å². The molecule has 1 fully saturated rings. The number of aromatic amines is 1. The van der Waals surface area contributed by atoms with Gasteiger partial charge in [-0.1, -0.05) is 42.5 Å². The van der Waals surface area contributed by atoms with Gasteiger partial charge in [0.25, 0.3) is 6.47 Å². The standard InChI is InChI=1S/C24H27N3O3.CH2O2/c1-30-21-9-7-19(8-10-21)23(24(28)29)27-13-11-18(12-14-27)22-16-20(25-26-22)15-17-5-3-2-4-6-17;2-1-3/h2-10,16,18,23H,11-15H2,1H3,(H,25,26)(H,28,29);1H,(H,2,3). The van der Waals surface area contributed by atoms with E-state index in [4.69, 9.17) is 14.6 Å². The number of aromatic nitrogens is 2. The molecule has 0 spiro atoms. The van der Waals surface area contributed by atoms with Crippen LogP contribution in [0.5, 0.6) is 5.75 Å². The number of hydrogen-bond acceptors (Lipinski definition) is 5. The van der Waals surface area contributed by atoms with Crippen LogP contribution < -0.4 is 4.74 Å². The number of nitrogens with zero attached hydrogens (tertiary/aromatic N) is 2. The molecule has 0 radical (unpaired) electrons. The first-order chi connectivity index (χ1) is 16.0. The predicted molar refractivity (Wildman–Crippen MR) is 123 cm³/mol. The second kappa shape index (κ2) is 11.8. The first kappa shape index (κ1) is 24.0. The highest BCUT2D eigenvalue weighted by atomic mass is 16.5. The average Bonchev–Trinajstić information content (AvgIpc) is 3.29. The van der Waals surface area contributed by atoms with Gasteiger partial charge in [0.2, 0.25) is 0 Å². The lowest BCUT2D eigenvalue weighted by atomic mass is 9.91. The number of nitrogens with one attached hydrogen (secondary N) is 1. The van der Waals surface area contributed by atoms with Gasteiger partial charge in [0, 0.05) is 18.0 Å². The molecule has 1 atom stereocenters. The molecular weight excluding hydrogens is 422 g/mol. The molecule has 1 aliphatic rings. The molecule has 3 N–H and O–H groups in total. The van der Waals surface area contributed by atoms with Gasteiger partial charge in [-0.3, -0.25) is 19.6 Å². The fourth-order valence-corrected chi connectivity index (χ4v) is 4.24. The van der Waals surface area contributed by atoms with E-state index in [-0.39, 0.29) is 6.47 Å². The maximum absolute atomic E-state index is 12.0. The topological polar surface area (TPSA) is 116 Å². The molecule has 1 aromatic heterocycles. The predicted octanol–water partition coefficient (Wildman–Crippen LogP) is 3.72. The Morgan fingerprint density at radius 1 is 1.18 bits per heavy atom. The van der Waals surface area contributed by atoms with Crippen molar-refractivity contribution < 1.29 is 24.5 Å². The summed E-state index contributed by atoms with van der Waals surface area (Å²) >= 11 is 0. The van der Waals surface area contributed by atoms with Gasteiger partial charge in [-0.25, -0.2) is 0 Å². The first-order valence-electron chi connectivity index (χ1n) is 10.8. The third-order valence-corrected chi connectivity index (χ3v) is 5.87. The average molecular weight is 452 g/mol. The summed E-state index contributed by atoms with van der Waals surface area (Å²) in [5.41, 5.74) is 4.23. The summed E-state index contributed by atoms with van der Waals surface area (Å²) < 4.78 is 5.19. The van der Waals surface area contributed by atoms with Crippen LogP contribution in [0.3, 0.4) is 0 Å². The number of H-pyrrole nitrogens is 1. The zero-order valence-corrected chi connectivity index (χ0v) is 18.6. The van der Waals surface area contributed by atoms with Crippen molar-refractivity contribution in [3.63, 3.8) is 0 Å². The fraction of sp³-hybridized carbons (Fsp3) is 0.320. The quantitative estimate of drug-likeness (QED) is 0.469. The molecule has 0 bridgehead atoms. The van der Waals surface area contributed by atoms with E-state index in [0.717, 1.165) is 55.1 Å². The molecule has 174 valence electrons. The van der Waals surface area contributed by atoms with Crippen molar-refractivity contribution in [2.45, 2.75) is 31.2 Å². The smallest absolute Gasteiger partial charge is 0.325 e. The molecule has 2 heterocycles. The fourth-order valence-electron chi connectivity index (χ4n) is 4.24. The molecule has 8 heteroatoms. The van der Waals surface area contributed by atoms with E-state index < -0.39 is 12.0 Å². The minimum Gasteiger partial charge on any atom is -0.497 e. The van der Waals surface area contributed by atoms with Crippen LogP contribution in [-0.2, 0) is 16.0 Å². The van der Waals surface area contributed by atoms with Crippen molar-refractivity contribution in [2.24, 2.45) is 0 Å². The minimum atomic E-state index is -0.816. The Hall–Kier alpha value is -3.65. The van der Waals surface area contributed by atoms with Crippen LogP contribution in [0.1, 0.15) is 47.3 Å². The van der Waals surface area contributed by atoms with E-state index in [1.54, 1.807) is 7.11 Å². The lowest BCUT2D eigenvalue weighted by Gasteiger charge is -2.35. The molecule has 0 saturated carbocycles. The van der Waals surface area contributed by atoms with Gasteiger partial charge >= 0.3 is 5.97 Å². The van der Waals surface area contributed by atoms with Crippen molar-refractivity contribution in [2.75, 3.05) is 20.2 Å². The Kier molecular flexibility index (Phi) is 8.60.